The molecule has 1 fully saturated rings. The Kier molecular flexibility index (Phi) is 5.22. The van der Waals surface area contributed by atoms with E-state index in [2.05, 4.69) is 16.0 Å². The summed E-state index contributed by atoms with van der Waals surface area (Å²) in [4.78, 5) is 6.34. The first-order valence-electron chi connectivity index (χ1n) is 8.30. The van der Waals surface area contributed by atoms with E-state index in [-0.39, 0.29) is 6.61 Å². The maximum atomic E-state index is 9.27. The van der Waals surface area contributed by atoms with Crippen molar-refractivity contribution >= 4 is 5.88 Å². The minimum atomic E-state index is 0.191. The molecule has 0 atom stereocenters. The molecule has 2 heterocycles. The van der Waals surface area contributed by atoms with Gasteiger partial charge in [0, 0.05) is 13.1 Å². The zero-order chi connectivity index (χ0) is 16.8. The van der Waals surface area contributed by atoms with Crippen LogP contribution in [0.5, 0.6) is 11.5 Å². The molecule has 2 aromatic rings. The quantitative estimate of drug-likeness (QED) is 0.808. The summed E-state index contributed by atoms with van der Waals surface area (Å²) in [6.45, 7) is 4.58. The van der Waals surface area contributed by atoms with Crippen LogP contribution in [-0.2, 0) is 6.61 Å². The van der Waals surface area contributed by atoms with Crippen LogP contribution in [0.4, 0.5) is 5.88 Å². The normalized spacial score (nSPS) is 14.2. The average molecular weight is 327 g/mol. The number of ether oxygens (including phenoxy) is 2. The lowest BCUT2D eigenvalue weighted by atomic mass is 10.1. The van der Waals surface area contributed by atoms with E-state index in [1.54, 1.807) is 0 Å². The van der Waals surface area contributed by atoms with Crippen molar-refractivity contribution in [3.8, 4) is 17.6 Å². The molecule has 0 radical (unpaired) electrons. The van der Waals surface area contributed by atoms with Gasteiger partial charge in [-0.1, -0.05) is 0 Å². The first kappa shape index (κ1) is 16.2. The third kappa shape index (κ3) is 3.80. The van der Waals surface area contributed by atoms with Gasteiger partial charge in [0.1, 0.15) is 17.6 Å². The van der Waals surface area contributed by atoms with Gasteiger partial charge in [0.05, 0.1) is 6.61 Å². The molecule has 1 aliphatic heterocycles. The monoisotopic (exact) mass is 327 g/mol. The van der Waals surface area contributed by atoms with Crippen molar-refractivity contribution in [2.24, 2.45) is 0 Å². The predicted molar refractivity (Wildman–Crippen MR) is 89.2 cm³/mol. The Bertz CT molecular complexity index is 697. The highest BCUT2D eigenvalue weighted by Crippen LogP contribution is 2.26. The molecule has 1 aliphatic rings. The summed E-state index contributed by atoms with van der Waals surface area (Å²) >= 11 is 0. The fraction of sp³-hybridized carbons (Fsp3) is 0.444. The van der Waals surface area contributed by atoms with Crippen molar-refractivity contribution in [1.82, 2.24) is 4.98 Å². The number of aromatic nitrogens is 1. The minimum Gasteiger partial charge on any atom is -0.494 e. The lowest BCUT2D eigenvalue weighted by molar-refractivity contribution is 0.262. The highest BCUT2D eigenvalue weighted by Gasteiger charge is 2.21. The standard InChI is InChI=1S/C18H21N3O3/c1-2-22-14-6-8-15(9-7-14)23-13-17-20-16(12-19)18(24-17)21-10-4-3-5-11-21/h6-9H,2-5,10-11,13H2,1H3. The second-order valence-electron chi connectivity index (χ2n) is 5.61. The van der Waals surface area contributed by atoms with Gasteiger partial charge in [-0.2, -0.15) is 10.2 Å². The molecule has 0 amide bonds. The second-order valence-corrected chi connectivity index (χ2v) is 5.61. The molecule has 0 aliphatic carbocycles. The number of nitriles is 1. The van der Waals surface area contributed by atoms with Gasteiger partial charge in [0.15, 0.2) is 6.61 Å². The summed E-state index contributed by atoms with van der Waals surface area (Å²) in [6, 6.07) is 9.50. The number of benzene rings is 1. The summed E-state index contributed by atoms with van der Waals surface area (Å²) in [5, 5.41) is 9.27. The minimum absolute atomic E-state index is 0.191. The Morgan fingerprint density at radius 3 is 2.42 bits per heavy atom. The van der Waals surface area contributed by atoms with Crippen molar-refractivity contribution in [2.75, 3.05) is 24.6 Å². The molecule has 126 valence electrons. The fourth-order valence-corrected chi connectivity index (χ4v) is 2.74. The van der Waals surface area contributed by atoms with Crippen LogP contribution in [0.25, 0.3) is 0 Å². The second kappa shape index (κ2) is 7.73. The van der Waals surface area contributed by atoms with Crippen LogP contribution in [0.1, 0.15) is 37.8 Å². The van der Waals surface area contributed by atoms with Gasteiger partial charge < -0.3 is 18.8 Å². The van der Waals surface area contributed by atoms with Gasteiger partial charge in [0.2, 0.25) is 17.5 Å². The summed E-state index contributed by atoms with van der Waals surface area (Å²) in [5.41, 5.74) is 0.335. The van der Waals surface area contributed by atoms with E-state index in [0.717, 1.165) is 31.7 Å². The third-order valence-corrected chi connectivity index (χ3v) is 3.90. The first-order valence-corrected chi connectivity index (χ1v) is 8.30. The molecule has 1 aromatic carbocycles. The number of hydrogen-bond acceptors (Lipinski definition) is 6. The molecule has 0 N–H and O–H groups in total. The molecule has 3 rings (SSSR count). The number of rotatable bonds is 6. The van der Waals surface area contributed by atoms with E-state index < -0.39 is 0 Å². The van der Waals surface area contributed by atoms with Crippen LogP contribution in [0.15, 0.2) is 28.7 Å². The van der Waals surface area contributed by atoms with Gasteiger partial charge in [-0.3, -0.25) is 0 Å². The Labute approximate surface area is 141 Å². The van der Waals surface area contributed by atoms with Crippen LogP contribution < -0.4 is 14.4 Å². The molecular weight excluding hydrogens is 306 g/mol. The lowest BCUT2D eigenvalue weighted by Gasteiger charge is -2.25. The van der Waals surface area contributed by atoms with Gasteiger partial charge in [-0.15, -0.1) is 0 Å². The van der Waals surface area contributed by atoms with Gasteiger partial charge >= 0.3 is 0 Å². The Morgan fingerprint density at radius 2 is 1.79 bits per heavy atom. The van der Waals surface area contributed by atoms with Crippen molar-refractivity contribution in [3.05, 3.63) is 35.9 Å². The van der Waals surface area contributed by atoms with Crippen molar-refractivity contribution in [2.45, 2.75) is 32.8 Å². The van der Waals surface area contributed by atoms with Crippen LogP contribution in [-0.4, -0.2) is 24.7 Å². The molecular formula is C18H21N3O3. The first-order chi connectivity index (χ1) is 11.8. The Morgan fingerprint density at radius 1 is 1.12 bits per heavy atom. The van der Waals surface area contributed by atoms with Crippen LogP contribution in [0, 0.1) is 11.3 Å². The Hall–Kier alpha value is -2.68. The SMILES string of the molecule is CCOc1ccc(OCc2nc(C#N)c(N3CCCCC3)o2)cc1. The van der Waals surface area contributed by atoms with Crippen LogP contribution in [0.2, 0.25) is 0 Å². The van der Waals surface area contributed by atoms with Gasteiger partial charge in [-0.05, 0) is 50.5 Å². The maximum absolute atomic E-state index is 9.27. The molecule has 0 bridgehead atoms. The summed E-state index contributed by atoms with van der Waals surface area (Å²) in [7, 11) is 0. The number of anilines is 1. The zero-order valence-electron chi connectivity index (χ0n) is 13.8. The zero-order valence-corrected chi connectivity index (χ0v) is 13.8. The number of nitrogens with zero attached hydrogens (tertiary/aromatic N) is 3. The topological polar surface area (TPSA) is 71.5 Å². The highest BCUT2D eigenvalue weighted by atomic mass is 16.5. The van der Waals surface area contributed by atoms with Crippen molar-refractivity contribution in [3.63, 3.8) is 0 Å². The number of piperidine rings is 1. The molecule has 0 unspecified atom stereocenters. The molecule has 0 saturated carbocycles. The molecule has 1 aromatic heterocycles. The van der Waals surface area contributed by atoms with E-state index in [1.807, 2.05) is 31.2 Å². The van der Waals surface area contributed by atoms with E-state index in [9.17, 15) is 5.26 Å². The average Bonchev–Trinajstić information content (AvgIpc) is 3.05. The van der Waals surface area contributed by atoms with Crippen LogP contribution >= 0.6 is 0 Å². The Balaban J connectivity index is 1.64. The molecule has 24 heavy (non-hydrogen) atoms. The lowest BCUT2D eigenvalue weighted by Crippen LogP contribution is -2.29. The predicted octanol–water partition coefficient (Wildman–Crippen LogP) is 3.51. The summed E-state index contributed by atoms with van der Waals surface area (Å²) in [5.74, 6) is 2.50. The van der Waals surface area contributed by atoms with Crippen molar-refractivity contribution in [1.29, 1.82) is 5.26 Å². The van der Waals surface area contributed by atoms with Crippen molar-refractivity contribution < 1.29 is 13.9 Å². The third-order valence-electron chi connectivity index (χ3n) is 3.90. The van der Waals surface area contributed by atoms with Gasteiger partial charge in [0.25, 0.3) is 0 Å². The van der Waals surface area contributed by atoms with Gasteiger partial charge in [-0.25, -0.2) is 0 Å². The molecule has 1 saturated heterocycles. The molecule has 6 nitrogen and oxygen atoms in total. The van der Waals surface area contributed by atoms with E-state index >= 15 is 0 Å². The maximum Gasteiger partial charge on any atom is 0.236 e. The smallest absolute Gasteiger partial charge is 0.236 e. The van der Waals surface area contributed by atoms with E-state index in [4.69, 9.17) is 13.9 Å². The fourth-order valence-electron chi connectivity index (χ4n) is 2.74. The van der Waals surface area contributed by atoms with Crippen LogP contribution in [0.3, 0.4) is 0 Å². The van der Waals surface area contributed by atoms with E-state index in [0.29, 0.717) is 29.8 Å². The number of hydrogen-bond donors (Lipinski definition) is 0. The molecule has 6 heteroatoms. The largest absolute Gasteiger partial charge is 0.494 e. The summed E-state index contributed by atoms with van der Waals surface area (Å²) < 4.78 is 16.9. The number of oxazole rings is 1. The summed E-state index contributed by atoms with van der Waals surface area (Å²) in [6.07, 6.45) is 3.45. The van der Waals surface area contributed by atoms with E-state index in [1.165, 1.54) is 6.42 Å². The molecule has 0 spiro atoms. The highest BCUT2D eigenvalue weighted by molar-refractivity contribution is 5.48.